The number of pyridine rings is 1. The molecule has 0 spiro atoms. The summed E-state index contributed by atoms with van der Waals surface area (Å²) in [5, 5.41) is 21.2. The van der Waals surface area contributed by atoms with Crippen LogP contribution in [0.1, 0.15) is 43.0 Å². The smallest absolute Gasteiger partial charge is 0.336 e. The minimum atomic E-state index is -0.929. The van der Waals surface area contributed by atoms with Gasteiger partial charge in [0.2, 0.25) is 0 Å². The third-order valence-corrected chi connectivity index (χ3v) is 6.19. The Morgan fingerprint density at radius 1 is 1.36 bits per heavy atom. The minimum absolute atomic E-state index is 0.243. The average Bonchev–Trinajstić information content (AvgIpc) is 3.06. The molecule has 5 heteroatoms. The number of rotatable bonds is 3. The first-order valence-corrected chi connectivity index (χ1v) is 9.12. The van der Waals surface area contributed by atoms with Gasteiger partial charge in [-0.1, -0.05) is 31.5 Å². The Bertz CT molecular complexity index is 822. The number of carboxylic acid groups (broad SMARTS) is 1. The van der Waals surface area contributed by atoms with Gasteiger partial charge in [-0.15, -0.1) is 0 Å². The molecule has 1 saturated carbocycles. The number of carboxylic acids is 1. The van der Waals surface area contributed by atoms with E-state index in [1.807, 2.05) is 18.2 Å². The molecule has 1 aliphatic heterocycles. The summed E-state index contributed by atoms with van der Waals surface area (Å²) < 4.78 is 0. The van der Waals surface area contributed by atoms with Crippen LogP contribution in [-0.4, -0.2) is 39.9 Å². The van der Waals surface area contributed by atoms with Crippen LogP contribution >= 0.6 is 0 Å². The Labute approximate surface area is 147 Å². The largest absolute Gasteiger partial charge is 0.478 e. The lowest BCUT2D eigenvalue weighted by molar-refractivity contribution is -0.0597. The van der Waals surface area contributed by atoms with E-state index in [0.717, 1.165) is 38.8 Å². The van der Waals surface area contributed by atoms with Gasteiger partial charge in [0.25, 0.3) is 0 Å². The van der Waals surface area contributed by atoms with Crippen LogP contribution in [0.15, 0.2) is 30.3 Å². The van der Waals surface area contributed by atoms with Crippen molar-refractivity contribution >= 4 is 22.7 Å². The van der Waals surface area contributed by atoms with Gasteiger partial charge in [0, 0.05) is 24.4 Å². The molecular formula is C20H24N2O3. The highest BCUT2D eigenvalue weighted by molar-refractivity contribution is 6.03. The van der Waals surface area contributed by atoms with Gasteiger partial charge in [0.1, 0.15) is 5.82 Å². The highest BCUT2D eigenvalue weighted by Gasteiger charge is 2.48. The predicted molar refractivity (Wildman–Crippen MR) is 97.0 cm³/mol. The molecule has 25 heavy (non-hydrogen) atoms. The molecule has 1 aromatic heterocycles. The maximum Gasteiger partial charge on any atom is 0.336 e. The van der Waals surface area contributed by atoms with E-state index in [0.29, 0.717) is 28.2 Å². The first kappa shape index (κ1) is 16.3. The lowest BCUT2D eigenvalue weighted by Gasteiger charge is -2.40. The topological polar surface area (TPSA) is 73.7 Å². The van der Waals surface area contributed by atoms with Crippen LogP contribution in [0.5, 0.6) is 0 Å². The lowest BCUT2D eigenvalue weighted by Crippen LogP contribution is -2.44. The fourth-order valence-electron chi connectivity index (χ4n) is 4.75. The first-order valence-electron chi connectivity index (χ1n) is 9.12. The SMILES string of the molecule is CC[C@@]1(O)CCC[C@@H]2CN(c3cc(C(=O)O)c4ccccc4n3)C[C@@H]21. The Hall–Kier alpha value is -2.14. The normalized spacial score (nSPS) is 29.0. The zero-order valence-corrected chi connectivity index (χ0v) is 14.5. The van der Waals surface area contributed by atoms with Crippen molar-refractivity contribution < 1.29 is 15.0 Å². The maximum atomic E-state index is 11.7. The summed E-state index contributed by atoms with van der Waals surface area (Å²) in [5.41, 5.74) is 0.406. The Morgan fingerprint density at radius 3 is 2.92 bits per heavy atom. The molecule has 1 saturated heterocycles. The van der Waals surface area contributed by atoms with Gasteiger partial charge in [-0.05, 0) is 37.3 Å². The molecule has 4 rings (SSSR count). The number of hydrogen-bond acceptors (Lipinski definition) is 4. The van der Waals surface area contributed by atoms with Gasteiger partial charge in [0.15, 0.2) is 0 Å². The standard InChI is InChI=1S/C20H24N2O3/c1-2-20(25)9-5-6-13-11-22(12-16(13)20)18-10-15(19(23)24)14-7-3-4-8-17(14)21-18/h3-4,7-8,10,13,16,25H,2,5-6,9,11-12H2,1H3,(H,23,24)/t13-,16+,20-/m1/s1. The van der Waals surface area contributed by atoms with Crippen LogP contribution in [0.2, 0.25) is 0 Å². The number of hydrogen-bond donors (Lipinski definition) is 2. The Morgan fingerprint density at radius 2 is 2.16 bits per heavy atom. The number of anilines is 1. The quantitative estimate of drug-likeness (QED) is 0.897. The molecule has 0 amide bonds. The predicted octanol–water partition coefficient (Wildman–Crippen LogP) is 3.31. The van der Waals surface area contributed by atoms with Gasteiger partial charge in [-0.25, -0.2) is 9.78 Å². The summed E-state index contributed by atoms with van der Waals surface area (Å²) >= 11 is 0. The van der Waals surface area contributed by atoms with Crippen LogP contribution in [0, 0.1) is 11.8 Å². The molecule has 0 unspecified atom stereocenters. The molecule has 2 aliphatic rings. The van der Waals surface area contributed by atoms with Gasteiger partial charge in [-0.3, -0.25) is 0 Å². The van der Waals surface area contributed by atoms with E-state index in [-0.39, 0.29) is 5.92 Å². The molecule has 0 bridgehead atoms. The third-order valence-electron chi connectivity index (χ3n) is 6.19. The summed E-state index contributed by atoms with van der Waals surface area (Å²) in [6, 6.07) is 9.06. The number of carbonyl (C=O) groups is 1. The Balaban J connectivity index is 1.72. The van der Waals surface area contributed by atoms with Gasteiger partial charge < -0.3 is 15.1 Å². The van der Waals surface area contributed by atoms with E-state index in [9.17, 15) is 15.0 Å². The number of aliphatic hydroxyl groups is 1. The van der Waals surface area contributed by atoms with E-state index in [1.165, 1.54) is 0 Å². The zero-order valence-electron chi connectivity index (χ0n) is 14.5. The van der Waals surface area contributed by atoms with Crippen molar-refractivity contribution in [1.29, 1.82) is 0 Å². The second-order valence-electron chi connectivity index (χ2n) is 7.47. The van der Waals surface area contributed by atoms with Gasteiger partial charge in [0.05, 0.1) is 16.7 Å². The van der Waals surface area contributed by atoms with E-state index >= 15 is 0 Å². The molecule has 2 heterocycles. The molecule has 132 valence electrons. The number of nitrogens with zero attached hydrogens (tertiary/aromatic N) is 2. The minimum Gasteiger partial charge on any atom is -0.478 e. The molecule has 2 fully saturated rings. The first-order chi connectivity index (χ1) is 12.0. The fraction of sp³-hybridized carbons (Fsp3) is 0.500. The monoisotopic (exact) mass is 340 g/mol. The molecule has 0 radical (unpaired) electrons. The van der Waals surface area contributed by atoms with Crippen molar-refractivity contribution in [3.05, 3.63) is 35.9 Å². The highest BCUT2D eigenvalue weighted by Crippen LogP contribution is 2.45. The van der Waals surface area contributed by atoms with Crippen molar-refractivity contribution in [3.8, 4) is 0 Å². The average molecular weight is 340 g/mol. The van der Waals surface area contributed by atoms with Crippen LogP contribution in [0.3, 0.4) is 0 Å². The van der Waals surface area contributed by atoms with E-state index < -0.39 is 11.6 Å². The van der Waals surface area contributed by atoms with Gasteiger partial charge in [-0.2, -0.15) is 0 Å². The Kier molecular flexibility index (Phi) is 3.91. The zero-order chi connectivity index (χ0) is 17.6. The number of fused-ring (bicyclic) bond motifs is 2. The van der Waals surface area contributed by atoms with Crippen LogP contribution in [-0.2, 0) is 0 Å². The molecule has 3 atom stereocenters. The van der Waals surface area contributed by atoms with E-state index in [2.05, 4.69) is 11.8 Å². The second-order valence-corrected chi connectivity index (χ2v) is 7.47. The van der Waals surface area contributed by atoms with Crippen molar-refractivity contribution in [3.63, 3.8) is 0 Å². The fourth-order valence-corrected chi connectivity index (χ4v) is 4.75. The summed E-state index contributed by atoms with van der Waals surface area (Å²) in [5.74, 6) is 0.485. The summed E-state index contributed by atoms with van der Waals surface area (Å²) in [6.07, 6.45) is 3.82. The highest BCUT2D eigenvalue weighted by atomic mass is 16.4. The summed E-state index contributed by atoms with van der Waals surface area (Å²) in [7, 11) is 0. The maximum absolute atomic E-state index is 11.7. The van der Waals surface area contributed by atoms with Crippen molar-refractivity contribution in [2.75, 3.05) is 18.0 Å². The van der Waals surface area contributed by atoms with E-state index in [4.69, 9.17) is 4.98 Å². The molecular weight excluding hydrogens is 316 g/mol. The van der Waals surface area contributed by atoms with Crippen LogP contribution in [0.25, 0.3) is 10.9 Å². The molecule has 2 aromatic rings. The molecule has 2 N–H and O–H groups in total. The van der Waals surface area contributed by atoms with E-state index in [1.54, 1.807) is 12.1 Å². The molecule has 1 aliphatic carbocycles. The van der Waals surface area contributed by atoms with Gasteiger partial charge >= 0.3 is 5.97 Å². The van der Waals surface area contributed by atoms with Crippen molar-refractivity contribution in [1.82, 2.24) is 4.98 Å². The third kappa shape index (κ3) is 2.67. The van der Waals surface area contributed by atoms with Crippen LogP contribution < -0.4 is 4.90 Å². The number of aromatic nitrogens is 1. The van der Waals surface area contributed by atoms with Crippen molar-refractivity contribution in [2.45, 2.75) is 38.2 Å². The number of para-hydroxylation sites is 1. The van der Waals surface area contributed by atoms with Crippen LogP contribution in [0.4, 0.5) is 5.82 Å². The molecule has 1 aromatic carbocycles. The summed E-state index contributed by atoms with van der Waals surface area (Å²) in [6.45, 7) is 3.65. The number of aromatic carboxylic acids is 1. The molecule has 5 nitrogen and oxygen atoms in total. The summed E-state index contributed by atoms with van der Waals surface area (Å²) in [4.78, 5) is 18.6. The number of benzene rings is 1. The lowest BCUT2D eigenvalue weighted by atomic mass is 9.69. The van der Waals surface area contributed by atoms with Crippen molar-refractivity contribution in [2.24, 2.45) is 11.8 Å². The second kappa shape index (κ2) is 5.99.